The van der Waals surface area contributed by atoms with Crippen LogP contribution in [0.5, 0.6) is 0 Å². The minimum absolute atomic E-state index is 0.0899. The second-order valence-corrected chi connectivity index (χ2v) is 13.7. The summed E-state index contributed by atoms with van der Waals surface area (Å²) in [5.74, 6) is 4.95. The lowest BCUT2D eigenvalue weighted by Gasteiger charge is -2.62. The molecule has 5 fully saturated rings. The van der Waals surface area contributed by atoms with E-state index in [1.54, 1.807) is 0 Å². The van der Waals surface area contributed by atoms with Crippen LogP contribution in [-0.2, 0) is 4.74 Å². The summed E-state index contributed by atoms with van der Waals surface area (Å²) in [6.07, 6.45) is 13.1. The highest BCUT2D eigenvalue weighted by molar-refractivity contribution is 5.11. The molecule has 0 amide bonds. The Morgan fingerprint density at radius 2 is 1.56 bits per heavy atom. The number of rotatable bonds is 3. The van der Waals surface area contributed by atoms with Crippen molar-refractivity contribution in [2.75, 3.05) is 0 Å². The van der Waals surface area contributed by atoms with E-state index in [9.17, 15) is 10.2 Å². The van der Waals surface area contributed by atoms with Crippen molar-refractivity contribution in [1.82, 2.24) is 0 Å². The van der Waals surface area contributed by atoms with Gasteiger partial charge >= 0.3 is 0 Å². The fraction of sp³-hybridized carbons (Fsp3) is 1.00. The van der Waals surface area contributed by atoms with Gasteiger partial charge in [-0.25, -0.2) is 0 Å². The molecular formula is C29H50O3. The predicted octanol–water partition coefficient (Wildman–Crippen LogP) is 6.41. The van der Waals surface area contributed by atoms with Crippen molar-refractivity contribution in [2.45, 2.75) is 124 Å². The van der Waals surface area contributed by atoms with Crippen molar-refractivity contribution < 1.29 is 14.9 Å². The molecule has 0 spiro atoms. The summed E-state index contributed by atoms with van der Waals surface area (Å²) in [5, 5.41) is 21.9. The maximum absolute atomic E-state index is 11.5. The smallest absolute Gasteiger partial charge is 0.155 e. The normalized spacial score (nSPS) is 54.6. The van der Waals surface area contributed by atoms with E-state index in [1.807, 2.05) is 0 Å². The van der Waals surface area contributed by atoms with Crippen LogP contribution in [0.1, 0.15) is 105 Å². The third-order valence-electron chi connectivity index (χ3n) is 12.2. The van der Waals surface area contributed by atoms with Crippen molar-refractivity contribution in [3.8, 4) is 0 Å². The first-order valence-electron chi connectivity index (χ1n) is 14.2. The summed E-state index contributed by atoms with van der Waals surface area (Å²) in [4.78, 5) is 0. The number of hydrogen-bond donors (Lipinski definition) is 2. The second kappa shape index (κ2) is 8.52. The van der Waals surface area contributed by atoms with E-state index in [1.165, 1.54) is 51.4 Å². The summed E-state index contributed by atoms with van der Waals surface area (Å²) in [7, 11) is 0. The molecule has 12 atom stereocenters. The lowest BCUT2D eigenvalue weighted by molar-refractivity contribution is -0.207. The minimum atomic E-state index is -0.590. The van der Waals surface area contributed by atoms with Crippen molar-refractivity contribution >= 4 is 0 Å². The van der Waals surface area contributed by atoms with E-state index in [0.29, 0.717) is 46.3 Å². The molecule has 4 saturated carbocycles. The molecule has 0 aromatic heterocycles. The Bertz CT molecular complexity index is 677. The van der Waals surface area contributed by atoms with E-state index in [-0.39, 0.29) is 12.2 Å². The van der Waals surface area contributed by atoms with Crippen LogP contribution in [0.3, 0.4) is 0 Å². The Morgan fingerprint density at radius 3 is 2.31 bits per heavy atom. The minimum Gasteiger partial charge on any atom is -0.393 e. The van der Waals surface area contributed by atoms with Gasteiger partial charge in [-0.2, -0.15) is 0 Å². The summed E-state index contributed by atoms with van der Waals surface area (Å²) < 4.78 is 6.19. The van der Waals surface area contributed by atoms with Crippen LogP contribution >= 0.6 is 0 Å². The summed E-state index contributed by atoms with van der Waals surface area (Å²) in [5.41, 5.74) is 0.784. The fourth-order valence-corrected chi connectivity index (χ4v) is 10.3. The molecule has 32 heavy (non-hydrogen) atoms. The van der Waals surface area contributed by atoms with Crippen LogP contribution in [-0.4, -0.2) is 28.7 Å². The summed E-state index contributed by atoms with van der Waals surface area (Å²) >= 11 is 0. The molecule has 184 valence electrons. The Labute approximate surface area is 197 Å². The van der Waals surface area contributed by atoms with Gasteiger partial charge in [0.2, 0.25) is 0 Å². The van der Waals surface area contributed by atoms with Crippen LogP contribution < -0.4 is 0 Å². The zero-order valence-corrected chi connectivity index (χ0v) is 21.4. The highest BCUT2D eigenvalue weighted by Gasteiger charge is 2.63. The first-order valence-corrected chi connectivity index (χ1v) is 14.2. The van der Waals surface area contributed by atoms with E-state index in [0.717, 1.165) is 31.1 Å². The van der Waals surface area contributed by atoms with Gasteiger partial charge in [-0.05, 0) is 110 Å². The highest BCUT2D eigenvalue weighted by Crippen LogP contribution is 2.68. The lowest BCUT2D eigenvalue weighted by atomic mass is 9.44. The maximum Gasteiger partial charge on any atom is 0.155 e. The molecular weight excluding hydrogens is 396 g/mol. The van der Waals surface area contributed by atoms with Crippen LogP contribution in [0.15, 0.2) is 0 Å². The molecule has 5 rings (SSSR count). The first kappa shape index (κ1) is 23.6. The topological polar surface area (TPSA) is 49.7 Å². The average molecular weight is 447 g/mol. The molecule has 0 bridgehead atoms. The molecule has 0 radical (unpaired) electrons. The SMILES string of the molecule is CC(C)C1CC(O)OC(C(C)C2CCC3C4C(O)CC5CCCCC5(C)C4CCC23C)C1. The van der Waals surface area contributed by atoms with Crippen LogP contribution in [0.25, 0.3) is 0 Å². The molecule has 0 aromatic rings. The fourth-order valence-electron chi connectivity index (χ4n) is 10.3. The monoisotopic (exact) mass is 446 g/mol. The van der Waals surface area contributed by atoms with Gasteiger partial charge in [0.05, 0.1) is 12.2 Å². The highest BCUT2D eigenvalue weighted by atomic mass is 16.6. The molecule has 5 aliphatic rings. The van der Waals surface area contributed by atoms with Gasteiger partial charge in [-0.3, -0.25) is 0 Å². The van der Waals surface area contributed by atoms with Gasteiger partial charge in [0, 0.05) is 6.42 Å². The first-order chi connectivity index (χ1) is 15.1. The number of hydrogen-bond acceptors (Lipinski definition) is 3. The number of ether oxygens (including phenoxy) is 1. The van der Waals surface area contributed by atoms with Gasteiger partial charge in [0.15, 0.2) is 6.29 Å². The largest absolute Gasteiger partial charge is 0.393 e. The molecule has 1 heterocycles. The molecule has 3 nitrogen and oxygen atoms in total. The molecule has 0 aromatic carbocycles. The van der Waals surface area contributed by atoms with Crippen molar-refractivity contribution in [3.05, 3.63) is 0 Å². The molecule has 12 unspecified atom stereocenters. The Morgan fingerprint density at radius 1 is 0.812 bits per heavy atom. The predicted molar refractivity (Wildman–Crippen MR) is 129 cm³/mol. The van der Waals surface area contributed by atoms with Crippen molar-refractivity contribution in [2.24, 2.45) is 58.2 Å². The molecule has 1 aliphatic heterocycles. The van der Waals surface area contributed by atoms with E-state index < -0.39 is 6.29 Å². The third-order valence-corrected chi connectivity index (χ3v) is 12.2. The number of fused-ring (bicyclic) bond motifs is 5. The Hall–Kier alpha value is -0.120. The zero-order valence-electron chi connectivity index (χ0n) is 21.4. The standard InChI is InChI=1S/C29H50O3/c1-17(2)19-14-25(32-26(31)15-19)18(3)21-9-10-22-27-23(11-13-29(21,22)5)28(4)12-7-6-8-20(28)16-24(27)30/h17-27,30-31H,6-16H2,1-5H3. The van der Waals surface area contributed by atoms with E-state index >= 15 is 0 Å². The maximum atomic E-state index is 11.5. The molecule has 2 N–H and O–H groups in total. The van der Waals surface area contributed by atoms with Crippen LogP contribution in [0, 0.1) is 58.2 Å². The van der Waals surface area contributed by atoms with Gasteiger partial charge in [0.1, 0.15) is 0 Å². The Balaban J connectivity index is 1.36. The third kappa shape index (κ3) is 3.63. The number of aliphatic hydroxyl groups excluding tert-OH is 2. The average Bonchev–Trinajstić information content (AvgIpc) is 3.10. The second-order valence-electron chi connectivity index (χ2n) is 13.7. The van der Waals surface area contributed by atoms with Gasteiger partial charge in [-0.15, -0.1) is 0 Å². The molecule has 4 aliphatic carbocycles. The van der Waals surface area contributed by atoms with Crippen LogP contribution in [0.2, 0.25) is 0 Å². The van der Waals surface area contributed by atoms with E-state index in [2.05, 4.69) is 34.6 Å². The van der Waals surface area contributed by atoms with Crippen molar-refractivity contribution in [1.29, 1.82) is 0 Å². The van der Waals surface area contributed by atoms with Gasteiger partial charge in [-0.1, -0.05) is 47.5 Å². The lowest BCUT2D eigenvalue weighted by Crippen LogP contribution is -2.58. The van der Waals surface area contributed by atoms with E-state index in [4.69, 9.17) is 4.74 Å². The van der Waals surface area contributed by atoms with Gasteiger partial charge < -0.3 is 14.9 Å². The number of aliphatic hydroxyl groups is 2. The quantitative estimate of drug-likeness (QED) is 0.526. The molecule has 3 heteroatoms. The molecule has 1 saturated heterocycles. The van der Waals surface area contributed by atoms with Crippen molar-refractivity contribution in [3.63, 3.8) is 0 Å². The zero-order chi connectivity index (χ0) is 22.8. The Kier molecular flexibility index (Phi) is 6.29. The summed E-state index contributed by atoms with van der Waals surface area (Å²) in [6, 6.07) is 0. The summed E-state index contributed by atoms with van der Waals surface area (Å²) in [6.45, 7) is 12.2. The van der Waals surface area contributed by atoms with Crippen LogP contribution in [0.4, 0.5) is 0 Å². The van der Waals surface area contributed by atoms with Gasteiger partial charge in [0.25, 0.3) is 0 Å².